The van der Waals surface area contributed by atoms with E-state index in [1.807, 2.05) is 6.20 Å². The summed E-state index contributed by atoms with van der Waals surface area (Å²) in [7, 11) is 0.310. The third kappa shape index (κ3) is 5.87. The summed E-state index contributed by atoms with van der Waals surface area (Å²) in [5, 5.41) is 33.4. The van der Waals surface area contributed by atoms with Crippen LogP contribution >= 0.6 is 0 Å². The molecule has 0 saturated heterocycles. The van der Waals surface area contributed by atoms with Crippen LogP contribution in [0.25, 0.3) is 5.69 Å². The van der Waals surface area contributed by atoms with Gasteiger partial charge in [0.1, 0.15) is 16.2 Å². The van der Waals surface area contributed by atoms with Crippen molar-refractivity contribution in [3.8, 4) is 11.4 Å². The van der Waals surface area contributed by atoms with Crippen LogP contribution in [0.15, 0.2) is 59.8 Å². The van der Waals surface area contributed by atoms with Crippen molar-refractivity contribution in [1.29, 1.82) is 0 Å². The maximum atomic E-state index is 13.3. The average molecular weight is 600 g/mol. The van der Waals surface area contributed by atoms with Crippen molar-refractivity contribution in [2.75, 3.05) is 14.2 Å². The fourth-order valence-electron chi connectivity index (χ4n) is 4.72. The van der Waals surface area contributed by atoms with Gasteiger partial charge < -0.3 is 9.84 Å². The first-order chi connectivity index (χ1) is 19.0. The number of aromatic carboxylic acids is 1. The maximum Gasteiger partial charge on any atom is 0.339 e. The van der Waals surface area contributed by atoms with Crippen LogP contribution in [0.4, 0.5) is 5.69 Å². The highest BCUT2D eigenvalue weighted by Gasteiger charge is 2.46. The molecule has 0 spiro atoms. The van der Waals surface area contributed by atoms with E-state index in [1.165, 1.54) is 20.4 Å². The Morgan fingerprint density at radius 3 is 2.57 bits per heavy atom. The smallest absolute Gasteiger partial charge is 0.339 e. The molecule has 42 heavy (non-hydrogen) atoms. The number of sulfonamides is 1. The Morgan fingerprint density at radius 2 is 1.95 bits per heavy atom. The summed E-state index contributed by atoms with van der Waals surface area (Å²) >= 11 is 0. The van der Waals surface area contributed by atoms with E-state index in [-0.39, 0.29) is 55.1 Å². The molecule has 2 atom stereocenters. The standard InChI is InChI=1S/C25H25N7O7S.2CH4/c1-29-14-21(27-28-29)18-11-19(18)24-20(25(33)34)12-26-31(24)16-6-4-5-15(9-16)13-30(2)40(37,38)23-8-7-17(32(35)36)10-22(23)39-3;;/h4-10,12,14,18-19H,11,13H2,1-3H3,(H,33,34);2*1H4/t18-,19-;;/m1../s1. The van der Waals surface area contributed by atoms with Crippen LogP contribution in [0.1, 0.15) is 60.4 Å². The van der Waals surface area contributed by atoms with Gasteiger partial charge in [-0.3, -0.25) is 14.8 Å². The molecule has 4 aromatic rings. The first-order valence-corrected chi connectivity index (χ1v) is 13.5. The lowest BCUT2D eigenvalue weighted by atomic mass is 10.1. The van der Waals surface area contributed by atoms with Crippen LogP contribution in [0.5, 0.6) is 5.75 Å². The molecule has 2 aromatic heterocycles. The Labute approximate surface area is 243 Å². The summed E-state index contributed by atoms with van der Waals surface area (Å²) in [5.41, 5.74) is 2.30. The highest BCUT2D eigenvalue weighted by atomic mass is 32.2. The van der Waals surface area contributed by atoms with Gasteiger partial charge in [0.05, 0.1) is 41.4 Å². The van der Waals surface area contributed by atoms with Gasteiger partial charge in [-0.05, 0) is 30.2 Å². The van der Waals surface area contributed by atoms with E-state index in [2.05, 4.69) is 15.4 Å². The van der Waals surface area contributed by atoms with Gasteiger partial charge >= 0.3 is 5.97 Å². The molecule has 15 heteroatoms. The molecular weight excluding hydrogens is 566 g/mol. The lowest BCUT2D eigenvalue weighted by Gasteiger charge is -2.19. The third-order valence-corrected chi connectivity index (χ3v) is 8.63. The van der Waals surface area contributed by atoms with E-state index in [1.54, 1.807) is 40.7 Å². The molecule has 0 amide bonds. The highest BCUT2D eigenvalue weighted by Crippen LogP contribution is 2.55. The Morgan fingerprint density at radius 1 is 1.21 bits per heavy atom. The summed E-state index contributed by atoms with van der Waals surface area (Å²) in [4.78, 5) is 22.3. The summed E-state index contributed by atoms with van der Waals surface area (Å²) in [6.45, 7) is -0.0373. The van der Waals surface area contributed by atoms with Crippen molar-refractivity contribution < 1.29 is 28.0 Å². The summed E-state index contributed by atoms with van der Waals surface area (Å²) in [5.74, 6) is -1.34. The number of non-ortho nitro benzene ring substituents is 1. The Balaban J connectivity index is 0.00000242. The number of hydrogen-bond donors (Lipinski definition) is 1. The van der Waals surface area contributed by atoms with E-state index in [0.29, 0.717) is 23.4 Å². The van der Waals surface area contributed by atoms with Gasteiger partial charge in [-0.2, -0.15) is 9.40 Å². The molecule has 0 radical (unpaired) electrons. The fourth-order valence-corrected chi connectivity index (χ4v) is 6.02. The van der Waals surface area contributed by atoms with Crippen LogP contribution in [-0.2, 0) is 23.6 Å². The Hall–Kier alpha value is -4.63. The van der Waals surface area contributed by atoms with Crippen LogP contribution in [0, 0.1) is 10.1 Å². The minimum atomic E-state index is -4.08. The molecule has 1 saturated carbocycles. The second kappa shape index (κ2) is 12.1. The van der Waals surface area contributed by atoms with Gasteiger partial charge in [-0.25, -0.2) is 17.9 Å². The van der Waals surface area contributed by atoms with Gasteiger partial charge in [0.2, 0.25) is 10.0 Å². The number of carboxylic acids is 1. The maximum absolute atomic E-state index is 13.3. The quantitative estimate of drug-likeness (QED) is 0.207. The van der Waals surface area contributed by atoms with E-state index < -0.39 is 20.9 Å². The number of aromatic nitrogens is 5. The normalized spacial score (nSPS) is 15.9. The number of rotatable bonds is 10. The van der Waals surface area contributed by atoms with Gasteiger partial charge in [0.25, 0.3) is 5.69 Å². The van der Waals surface area contributed by atoms with E-state index >= 15 is 0 Å². The minimum Gasteiger partial charge on any atom is -0.495 e. The predicted octanol–water partition coefficient (Wildman–Crippen LogP) is 3.98. The number of aryl methyl sites for hydroxylation is 1. The minimum absolute atomic E-state index is 0. The van der Waals surface area contributed by atoms with Crippen LogP contribution in [0.3, 0.4) is 0 Å². The molecule has 1 N–H and O–H groups in total. The molecule has 2 aromatic carbocycles. The van der Waals surface area contributed by atoms with Gasteiger partial charge in [0, 0.05) is 44.7 Å². The van der Waals surface area contributed by atoms with Crippen LogP contribution < -0.4 is 4.74 Å². The first-order valence-electron chi connectivity index (χ1n) is 12.1. The molecular formula is C27H33N7O7S. The lowest BCUT2D eigenvalue weighted by molar-refractivity contribution is -0.385. The number of nitrogens with zero attached hydrogens (tertiary/aromatic N) is 7. The number of benzene rings is 2. The monoisotopic (exact) mass is 599 g/mol. The number of nitro groups is 1. The number of hydrogen-bond acceptors (Lipinski definition) is 9. The largest absolute Gasteiger partial charge is 0.495 e. The van der Waals surface area contributed by atoms with E-state index in [4.69, 9.17) is 4.74 Å². The second-order valence-electron chi connectivity index (χ2n) is 9.45. The number of nitro benzene ring substituents is 1. The first kappa shape index (κ1) is 31.9. The second-order valence-corrected chi connectivity index (χ2v) is 11.5. The molecule has 224 valence electrons. The summed E-state index contributed by atoms with van der Waals surface area (Å²) in [6, 6.07) is 10.3. The van der Waals surface area contributed by atoms with Crippen molar-refractivity contribution >= 4 is 21.7 Å². The summed E-state index contributed by atoms with van der Waals surface area (Å²) < 4.78 is 36.1. The molecule has 1 aliphatic rings. The van der Waals surface area contributed by atoms with Crippen LogP contribution in [-0.4, -0.2) is 67.7 Å². The van der Waals surface area contributed by atoms with Crippen LogP contribution in [0.2, 0.25) is 0 Å². The molecule has 2 heterocycles. The van der Waals surface area contributed by atoms with Gasteiger partial charge in [-0.15, -0.1) is 5.10 Å². The molecule has 0 bridgehead atoms. The fraction of sp³-hybridized carbons (Fsp3) is 0.333. The SMILES string of the molecule is C.C.COc1cc([N+](=O)[O-])ccc1S(=O)(=O)N(C)Cc1cccc(-n2ncc(C(=O)O)c2[C@@H]2C[C@H]2c2cn(C)nn2)c1. The van der Waals surface area contributed by atoms with Gasteiger partial charge in [-0.1, -0.05) is 32.2 Å². The van der Waals surface area contributed by atoms with Gasteiger partial charge in [0.15, 0.2) is 0 Å². The number of ether oxygens (including phenoxy) is 1. The average Bonchev–Trinajstić information content (AvgIpc) is 3.37. The molecule has 0 aliphatic heterocycles. The molecule has 1 fully saturated rings. The Bertz CT molecular complexity index is 1730. The molecule has 0 unspecified atom stereocenters. The third-order valence-electron chi connectivity index (χ3n) is 6.79. The zero-order chi connectivity index (χ0) is 28.8. The van der Waals surface area contributed by atoms with Crippen molar-refractivity contribution in [2.24, 2.45) is 7.05 Å². The van der Waals surface area contributed by atoms with Crippen molar-refractivity contribution in [3.63, 3.8) is 0 Å². The number of methoxy groups -OCH3 is 1. The Kier molecular flexibility index (Phi) is 9.17. The molecule has 14 nitrogen and oxygen atoms in total. The highest BCUT2D eigenvalue weighted by molar-refractivity contribution is 7.89. The lowest BCUT2D eigenvalue weighted by Crippen LogP contribution is -2.27. The molecule has 5 rings (SSSR count). The zero-order valence-corrected chi connectivity index (χ0v) is 22.5. The van der Waals surface area contributed by atoms with Crippen molar-refractivity contribution in [2.45, 2.75) is 44.6 Å². The van der Waals surface area contributed by atoms with E-state index in [0.717, 1.165) is 28.2 Å². The summed E-state index contributed by atoms with van der Waals surface area (Å²) in [6.07, 6.45) is 3.82. The topological polar surface area (TPSA) is 176 Å². The van der Waals surface area contributed by atoms with Crippen molar-refractivity contribution in [3.05, 3.63) is 87.5 Å². The van der Waals surface area contributed by atoms with E-state index in [9.17, 15) is 28.4 Å². The zero-order valence-electron chi connectivity index (χ0n) is 21.7. The number of carboxylic acid groups (broad SMARTS) is 1. The molecule has 1 aliphatic carbocycles. The number of carbonyl (C=O) groups is 1. The predicted molar refractivity (Wildman–Crippen MR) is 153 cm³/mol. The van der Waals surface area contributed by atoms with Crippen molar-refractivity contribution in [1.82, 2.24) is 29.1 Å².